The van der Waals surface area contributed by atoms with E-state index >= 15 is 0 Å². The van der Waals surface area contributed by atoms with Crippen molar-refractivity contribution in [2.24, 2.45) is 0 Å². The number of aromatic hydroxyl groups is 1. The first-order valence-corrected chi connectivity index (χ1v) is 7.47. The van der Waals surface area contributed by atoms with Crippen LogP contribution in [0.5, 0.6) is 5.75 Å². The number of hydrogen-bond acceptors (Lipinski definition) is 2. The lowest BCUT2D eigenvalue weighted by Gasteiger charge is -2.29. The van der Waals surface area contributed by atoms with Crippen LogP contribution >= 0.6 is 0 Å². The Labute approximate surface area is 124 Å². The highest BCUT2D eigenvalue weighted by molar-refractivity contribution is 5.38. The topological polar surface area (TPSA) is 32.3 Å². The van der Waals surface area contributed by atoms with E-state index < -0.39 is 0 Å². The molecular weight excluding hydrogens is 265 g/mol. The lowest BCUT2D eigenvalue weighted by atomic mass is 9.87. The molecule has 1 aliphatic rings. The van der Waals surface area contributed by atoms with E-state index in [4.69, 9.17) is 0 Å². The Kier molecular flexibility index (Phi) is 3.93. The molecule has 0 spiro atoms. The van der Waals surface area contributed by atoms with Crippen LogP contribution in [0.25, 0.3) is 0 Å². The molecule has 2 aromatic rings. The zero-order valence-corrected chi connectivity index (χ0v) is 12.1. The highest BCUT2D eigenvalue weighted by atomic mass is 19.1. The minimum atomic E-state index is -0.204. The Morgan fingerprint density at radius 2 is 1.95 bits per heavy atom. The number of halogens is 1. The number of fused-ring (bicyclic) bond motifs is 1. The molecule has 0 aliphatic heterocycles. The molecule has 3 rings (SSSR count). The molecule has 2 atom stereocenters. The van der Waals surface area contributed by atoms with Crippen molar-refractivity contribution < 1.29 is 9.50 Å². The highest BCUT2D eigenvalue weighted by Gasteiger charge is 2.22. The third kappa shape index (κ3) is 3.08. The van der Waals surface area contributed by atoms with Crippen LogP contribution in [0, 0.1) is 5.82 Å². The van der Waals surface area contributed by atoms with Gasteiger partial charge in [0.25, 0.3) is 0 Å². The van der Waals surface area contributed by atoms with Gasteiger partial charge in [0.15, 0.2) is 0 Å². The minimum absolute atomic E-state index is 0.162. The maximum absolute atomic E-state index is 13.0. The van der Waals surface area contributed by atoms with Gasteiger partial charge in [-0.1, -0.05) is 18.2 Å². The van der Waals surface area contributed by atoms with Gasteiger partial charge in [-0.05, 0) is 67.1 Å². The molecule has 2 N–H and O–H groups in total. The first kappa shape index (κ1) is 14.1. The lowest BCUT2D eigenvalue weighted by Crippen LogP contribution is -2.27. The quantitative estimate of drug-likeness (QED) is 0.883. The fourth-order valence-corrected chi connectivity index (χ4v) is 3.12. The van der Waals surface area contributed by atoms with Crippen molar-refractivity contribution in [3.8, 4) is 5.75 Å². The molecule has 0 saturated heterocycles. The van der Waals surface area contributed by atoms with E-state index in [-0.39, 0.29) is 17.9 Å². The Bertz CT molecular complexity index is 624. The number of rotatable bonds is 3. The van der Waals surface area contributed by atoms with Crippen LogP contribution in [-0.4, -0.2) is 5.11 Å². The van der Waals surface area contributed by atoms with Crippen LogP contribution in [0.1, 0.15) is 48.5 Å². The van der Waals surface area contributed by atoms with Crippen LogP contribution in [0.4, 0.5) is 4.39 Å². The molecule has 0 heterocycles. The SMILES string of the molecule is C[C@H](NC1CCCc2cc(O)ccc21)c1ccc(F)cc1. The van der Waals surface area contributed by atoms with Gasteiger partial charge >= 0.3 is 0 Å². The van der Waals surface area contributed by atoms with E-state index in [0.29, 0.717) is 5.75 Å². The second-order valence-corrected chi connectivity index (χ2v) is 5.77. The third-order valence-electron chi connectivity index (χ3n) is 4.26. The fraction of sp³-hybridized carbons (Fsp3) is 0.333. The van der Waals surface area contributed by atoms with E-state index in [9.17, 15) is 9.50 Å². The van der Waals surface area contributed by atoms with E-state index in [1.807, 2.05) is 24.3 Å². The average molecular weight is 285 g/mol. The maximum atomic E-state index is 13.0. The molecule has 1 unspecified atom stereocenters. The van der Waals surface area contributed by atoms with Crippen molar-refractivity contribution in [3.05, 3.63) is 65.0 Å². The van der Waals surface area contributed by atoms with Crippen molar-refractivity contribution in [3.63, 3.8) is 0 Å². The summed E-state index contributed by atoms with van der Waals surface area (Å²) >= 11 is 0. The van der Waals surface area contributed by atoms with Crippen molar-refractivity contribution >= 4 is 0 Å². The molecule has 0 aromatic heterocycles. The summed E-state index contributed by atoms with van der Waals surface area (Å²) in [6.07, 6.45) is 3.22. The summed E-state index contributed by atoms with van der Waals surface area (Å²) in [6, 6.07) is 12.7. The molecule has 2 aromatic carbocycles. The summed E-state index contributed by atoms with van der Waals surface area (Å²) in [7, 11) is 0. The molecule has 0 saturated carbocycles. The molecule has 2 nitrogen and oxygen atoms in total. The van der Waals surface area contributed by atoms with Gasteiger partial charge in [-0.25, -0.2) is 4.39 Å². The summed E-state index contributed by atoms with van der Waals surface area (Å²) in [5.74, 6) is 0.130. The largest absolute Gasteiger partial charge is 0.508 e. The summed E-state index contributed by atoms with van der Waals surface area (Å²) in [5, 5.41) is 13.2. The molecule has 21 heavy (non-hydrogen) atoms. The number of nitrogens with one attached hydrogen (secondary N) is 1. The maximum Gasteiger partial charge on any atom is 0.123 e. The molecule has 0 radical (unpaired) electrons. The van der Waals surface area contributed by atoms with Crippen molar-refractivity contribution in [2.45, 2.75) is 38.3 Å². The molecule has 1 aliphatic carbocycles. The summed E-state index contributed by atoms with van der Waals surface area (Å²) in [6.45, 7) is 2.10. The number of phenols is 1. The number of phenolic OH excluding ortho intramolecular Hbond substituents is 1. The van der Waals surface area contributed by atoms with Crippen molar-refractivity contribution in [2.75, 3.05) is 0 Å². The first-order chi connectivity index (χ1) is 10.1. The third-order valence-corrected chi connectivity index (χ3v) is 4.26. The zero-order valence-electron chi connectivity index (χ0n) is 12.1. The second-order valence-electron chi connectivity index (χ2n) is 5.77. The number of aryl methyl sites for hydroxylation is 1. The normalized spacial score (nSPS) is 19.0. The first-order valence-electron chi connectivity index (χ1n) is 7.47. The van der Waals surface area contributed by atoms with Gasteiger partial charge in [0.1, 0.15) is 11.6 Å². The van der Waals surface area contributed by atoms with Crippen molar-refractivity contribution in [1.82, 2.24) is 5.32 Å². The smallest absolute Gasteiger partial charge is 0.123 e. The van der Waals surface area contributed by atoms with Gasteiger partial charge in [0, 0.05) is 12.1 Å². The number of hydrogen-bond donors (Lipinski definition) is 2. The van der Waals surface area contributed by atoms with Crippen molar-refractivity contribution in [1.29, 1.82) is 0 Å². The predicted octanol–water partition coefficient (Wildman–Crippen LogP) is 4.26. The molecule has 0 fully saturated rings. The Balaban J connectivity index is 1.78. The Morgan fingerprint density at radius 3 is 2.71 bits per heavy atom. The van der Waals surface area contributed by atoms with Gasteiger partial charge in [0.05, 0.1) is 0 Å². The van der Waals surface area contributed by atoms with Gasteiger partial charge in [-0.15, -0.1) is 0 Å². The minimum Gasteiger partial charge on any atom is -0.508 e. The molecule has 3 heteroatoms. The van der Waals surface area contributed by atoms with Crippen LogP contribution in [0.2, 0.25) is 0 Å². The molecule has 110 valence electrons. The van der Waals surface area contributed by atoms with Gasteiger partial charge in [0.2, 0.25) is 0 Å². The summed E-state index contributed by atoms with van der Waals surface area (Å²) in [5.41, 5.74) is 3.58. The van der Waals surface area contributed by atoms with Gasteiger partial charge < -0.3 is 10.4 Å². The average Bonchev–Trinajstić information content (AvgIpc) is 2.47. The molecule has 0 bridgehead atoms. The fourth-order valence-electron chi connectivity index (χ4n) is 3.12. The highest BCUT2D eigenvalue weighted by Crippen LogP contribution is 2.33. The zero-order chi connectivity index (χ0) is 14.8. The van der Waals surface area contributed by atoms with E-state index in [0.717, 1.165) is 24.8 Å². The van der Waals surface area contributed by atoms with Crippen LogP contribution in [0.15, 0.2) is 42.5 Å². The van der Waals surface area contributed by atoms with E-state index in [2.05, 4.69) is 12.2 Å². The standard InChI is InChI=1S/C18H20FNO/c1-12(13-5-7-15(19)8-6-13)20-18-4-2-3-14-11-16(21)9-10-17(14)18/h5-12,18,20-21H,2-4H2,1H3/t12-,18?/m0/s1. The predicted molar refractivity (Wildman–Crippen MR) is 81.7 cm³/mol. The number of benzene rings is 2. The van der Waals surface area contributed by atoms with Gasteiger partial charge in [-0.3, -0.25) is 0 Å². The van der Waals surface area contributed by atoms with Crippen LogP contribution in [0.3, 0.4) is 0 Å². The van der Waals surface area contributed by atoms with Crippen LogP contribution in [-0.2, 0) is 6.42 Å². The summed E-state index contributed by atoms with van der Waals surface area (Å²) < 4.78 is 13.0. The van der Waals surface area contributed by atoms with Crippen LogP contribution < -0.4 is 5.32 Å². The molecular formula is C18H20FNO. The van der Waals surface area contributed by atoms with E-state index in [1.165, 1.54) is 23.3 Å². The monoisotopic (exact) mass is 285 g/mol. The summed E-state index contributed by atoms with van der Waals surface area (Å²) in [4.78, 5) is 0. The van der Waals surface area contributed by atoms with Gasteiger partial charge in [-0.2, -0.15) is 0 Å². The Morgan fingerprint density at radius 1 is 1.19 bits per heavy atom. The lowest BCUT2D eigenvalue weighted by molar-refractivity contribution is 0.412. The Hall–Kier alpha value is -1.87. The second kappa shape index (κ2) is 5.86. The van der Waals surface area contributed by atoms with E-state index in [1.54, 1.807) is 6.07 Å². The molecule has 0 amide bonds.